The number of alkyl halides is 3. The van der Waals surface area contributed by atoms with Crippen LogP contribution in [-0.2, 0) is 15.7 Å². The summed E-state index contributed by atoms with van der Waals surface area (Å²) in [5, 5.41) is 6.45. The second kappa shape index (κ2) is 20.4. The summed E-state index contributed by atoms with van der Waals surface area (Å²) in [6.45, 7) is 15.9. The monoisotopic (exact) mass is 914 g/mol. The number of carbonyl (C=O) groups is 1. The van der Waals surface area contributed by atoms with Crippen LogP contribution < -0.4 is 29.9 Å². The Morgan fingerprint density at radius 3 is 2.23 bits per heavy atom. The molecule has 4 aliphatic rings. The Kier molecular flexibility index (Phi) is 14.5. The number of morpholine rings is 2. The molecule has 1 atom stereocenters. The first kappa shape index (κ1) is 46.8. The molecule has 2 aliphatic carbocycles. The summed E-state index contributed by atoms with van der Waals surface area (Å²) in [7, 11) is 0. The summed E-state index contributed by atoms with van der Waals surface area (Å²) in [4.78, 5) is 42.8. The van der Waals surface area contributed by atoms with Crippen molar-refractivity contribution in [2.24, 2.45) is 9.98 Å². The van der Waals surface area contributed by atoms with E-state index in [0.29, 0.717) is 87.2 Å². The van der Waals surface area contributed by atoms with Crippen LogP contribution in [0, 0.1) is 0 Å². The van der Waals surface area contributed by atoms with E-state index < -0.39 is 23.5 Å². The highest BCUT2D eigenvalue weighted by molar-refractivity contribution is 5.85. The number of aliphatic imine (C=N–C) groups is 2. The highest BCUT2D eigenvalue weighted by Crippen LogP contribution is 2.44. The highest BCUT2D eigenvalue weighted by atomic mass is 19.4. The second-order valence-corrected chi connectivity index (χ2v) is 18.4. The van der Waals surface area contributed by atoms with Gasteiger partial charge < -0.3 is 39.4 Å². The number of fused-ring (bicyclic) bond motifs is 1. The molecule has 15 nitrogen and oxygen atoms in total. The zero-order chi connectivity index (χ0) is 46.4. The van der Waals surface area contributed by atoms with Gasteiger partial charge in [0.25, 0.3) is 0 Å². The van der Waals surface area contributed by atoms with E-state index in [1.54, 1.807) is 18.6 Å². The van der Waals surface area contributed by atoms with Crippen LogP contribution in [0.5, 0.6) is 11.5 Å². The lowest BCUT2D eigenvalue weighted by atomic mass is 9.91. The second-order valence-electron chi connectivity index (χ2n) is 18.4. The van der Waals surface area contributed by atoms with Crippen LogP contribution in [-0.4, -0.2) is 121 Å². The largest absolute Gasteiger partial charge is 0.488 e. The van der Waals surface area contributed by atoms with Gasteiger partial charge in [0.15, 0.2) is 6.23 Å². The number of anilines is 3. The number of ether oxygens (including phenoxy) is 4. The van der Waals surface area contributed by atoms with E-state index in [0.717, 1.165) is 73.4 Å². The van der Waals surface area contributed by atoms with Crippen LogP contribution in [0.1, 0.15) is 84.6 Å². The molecule has 2 N–H and O–H groups in total. The van der Waals surface area contributed by atoms with Crippen LogP contribution in [0.25, 0.3) is 11.0 Å². The molecule has 0 spiro atoms. The smallest absolute Gasteiger partial charge is 0.417 e. The molecule has 2 amide bonds. The number of carbonyl (C=O) groups excluding carboxylic acids is 1. The van der Waals surface area contributed by atoms with Crippen molar-refractivity contribution >= 4 is 58.4 Å². The third-order valence-electron chi connectivity index (χ3n) is 12.5. The molecule has 2 aliphatic heterocycles. The number of hydrogen-bond donors (Lipinski definition) is 2. The molecule has 66 heavy (non-hydrogen) atoms. The molecule has 4 heterocycles. The van der Waals surface area contributed by atoms with Gasteiger partial charge in [0.2, 0.25) is 0 Å². The van der Waals surface area contributed by atoms with Crippen molar-refractivity contribution in [2.75, 3.05) is 61.1 Å². The van der Waals surface area contributed by atoms with Gasteiger partial charge in [-0.15, -0.1) is 0 Å². The number of nitrogens with zero attached hydrogens (tertiary/aromatic N) is 8. The van der Waals surface area contributed by atoms with Gasteiger partial charge in [-0.3, -0.25) is 24.9 Å². The van der Waals surface area contributed by atoms with E-state index in [4.69, 9.17) is 18.9 Å². The maximum absolute atomic E-state index is 14.3. The first-order valence-electron chi connectivity index (χ1n) is 23.0. The predicted octanol–water partition coefficient (Wildman–Crippen LogP) is 9.10. The molecular weight excluding hydrogens is 854 g/mol. The van der Waals surface area contributed by atoms with Crippen LogP contribution in [0.4, 0.5) is 46.4 Å². The fraction of sp³-hybridized carbons (Fsp3) is 0.542. The average molecular weight is 915 g/mol. The molecule has 4 fully saturated rings. The first-order chi connectivity index (χ1) is 31.7. The third kappa shape index (κ3) is 11.4. The minimum absolute atomic E-state index is 0.0298. The van der Waals surface area contributed by atoms with Crippen molar-refractivity contribution in [1.29, 1.82) is 0 Å². The van der Waals surface area contributed by atoms with Crippen LogP contribution in [0.15, 0.2) is 65.1 Å². The molecule has 4 aromatic rings. The van der Waals surface area contributed by atoms with Crippen LogP contribution >= 0.6 is 0 Å². The zero-order valence-corrected chi connectivity index (χ0v) is 38.2. The van der Waals surface area contributed by atoms with Gasteiger partial charge in [0, 0.05) is 91.8 Å². The van der Waals surface area contributed by atoms with E-state index in [9.17, 15) is 18.0 Å². The van der Waals surface area contributed by atoms with Gasteiger partial charge in [-0.2, -0.15) is 13.2 Å². The number of rotatable bonds is 12. The lowest BCUT2D eigenvalue weighted by Gasteiger charge is -2.45. The van der Waals surface area contributed by atoms with Crippen molar-refractivity contribution in [1.82, 2.24) is 25.2 Å². The summed E-state index contributed by atoms with van der Waals surface area (Å²) in [6.07, 6.45) is 7.72. The fourth-order valence-corrected chi connectivity index (χ4v) is 9.36. The Labute approximate surface area is 384 Å². The maximum atomic E-state index is 14.3. The van der Waals surface area contributed by atoms with Gasteiger partial charge in [-0.05, 0) is 104 Å². The number of aromatic nitrogens is 3. The molecule has 354 valence electrons. The van der Waals surface area contributed by atoms with Crippen LogP contribution in [0.2, 0.25) is 0 Å². The molecule has 0 bridgehead atoms. The average Bonchev–Trinajstić information content (AvgIpc) is 3.30. The quantitative estimate of drug-likeness (QED) is 0.131. The molecule has 8 rings (SSSR count). The molecular formula is C48H61F3N10O5. The highest BCUT2D eigenvalue weighted by Gasteiger charge is 2.39. The summed E-state index contributed by atoms with van der Waals surface area (Å²) < 4.78 is 65.5. The standard InChI is InChI=1S/C48H61F3N10O5/c1-6-54-39-25-36(27-41(44(39)52-5)65-37-11-7-32(8-12-37)57-33-23-31(28-53-29-33)48(49,50)51)60-19-22-64-43(30-60)61(46(62)58-47(2,3)4)34-9-13-38(14-10-34)66-42-26-35(59-17-20-63-21-18-59)24-40-45(42)56-16-15-55-40/h6,15-16,23-29,32,34,37-38,43,57H,5,7-14,17-22,30H2,1-4H3,(H,58,62). The van der Waals surface area contributed by atoms with Crippen LogP contribution in [0.3, 0.4) is 0 Å². The Hall–Kier alpha value is -5.75. The predicted molar refractivity (Wildman–Crippen MR) is 250 cm³/mol. The summed E-state index contributed by atoms with van der Waals surface area (Å²) in [6, 6.07) is 8.84. The topological polar surface area (TPSA) is 151 Å². The van der Waals surface area contributed by atoms with E-state index in [2.05, 4.69) is 64.2 Å². The summed E-state index contributed by atoms with van der Waals surface area (Å²) in [5.74, 6) is 1.25. The first-order valence-corrected chi connectivity index (χ1v) is 23.0. The number of amides is 2. The Morgan fingerprint density at radius 2 is 1.53 bits per heavy atom. The Balaban J connectivity index is 0.960. The van der Waals surface area contributed by atoms with Gasteiger partial charge >= 0.3 is 12.2 Å². The third-order valence-corrected chi connectivity index (χ3v) is 12.5. The van der Waals surface area contributed by atoms with Gasteiger partial charge in [-0.25, -0.2) is 9.78 Å². The van der Waals surface area contributed by atoms with Gasteiger partial charge in [0.05, 0.1) is 61.0 Å². The van der Waals surface area contributed by atoms with Crippen molar-refractivity contribution in [3.05, 3.63) is 60.7 Å². The number of nitrogens with one attached hydrogen (secondary N) is 2. The molecule has 2 saturated carbocycles. The lowest BCUT2D eigenvalue weighted by Crippen LogP contribution is -2.61. The number of benzene rings is 2. The normalized spacial score (nSPS) is 23.1. The van der Waals surface area contributed by atoms with Crippen molar-refractivity contribution in [3.8, 4) is 11.5 Å². The molecule has 18 heteroatoms. The van der Waals surface area contributed by atoms with Crippen molar-refractivity contribution < 1.29 is 36.9 Å². The van der Waals surface area contributed by atoms with Crippen molar-refractivity contribution in [3.63, 3.8) is 0 Å². The molecule has 2 aromatic carbocycles. The Bertz CT molecular complexity index is 2340. The molecule has 1 unspecified atom stereocenters. The van der Waals surface area contributed by atoms with E-state index in [1.807, 2.05) is 44.7 Å². The SMILES string of the molecule is C=Nc1c(N=CC)cc(N2CCOC(N(C(=O)NC(C)(C)C)C3CCC(Oc4cc(N5CCOCC5)cc5nccnc45)CC3)C2)cc1OC1CCC(Nc2cncc(C(F)(F)F)c2)CC1. The van der Waals surface area contributed by atoms with Gasteiger partial charge in [0.1, 0.15) is 22.7 Å². The number of urea groups is 1. The zero-order valence-electron chi connectivity index (χ0n) is 38.2. The lowest BCUT2D eigenvalue weighted by molar-refractivity contribution is -0.137. The Morgan fingerprint density at radius 1 is 0.864 bits per heavy atom. The van der Waals surface area contributed by atoms with E-state index >= 15 is 0 Å². The minimum atomic E-state index is -4.47. The molecule has 2 aromatic heterocycles. The maximum Gasteiger partial charge on any atom is 0.417 e. The number of pyridine rings is 1. The summed E-state index contributed by atoms with van der Waals surface area (Å²) >= 11 is 0. The minimum Gasteiger partial charge on any atom is -0.488 e. The fourth-order valence-electron chi connectivity index (χ4n) is 9.36. The van der Waals surface area contributed by atoms with Crippen molar-refractivity contribution in [2.45, 2.75) is 121 Å². The molecule has 0 radical (unpaired) electrons. The summed E-state index contributed by atoms with van der Waals surface area (Å²) in [5.41, 5.74) is 3.60. The number of hydrogen-bond acceptors (Lipinski definition) is 13. The van der Waals surface area contributed by atoms with E-state index in [-0.39, 0.29) is 30.3 Å². The van der Waals surface area contributed by atoms with Gasteiger partial charge in [-0.1, -0.05) is 0 Å². The molecule has 2 saturated heterocycles. The van der Waals surface area contributed by atoms with E-state index in [1.165, 1.54) is 6.20 Å². The number of halogens is 3.